The molecule has 0 fully saturated rings. The zero-order chi connectivity index (χ0) is 14.5. The lowest BCUT2D eigenvalue weighted by molar-refractivity contribution is 0.345. The van der Waals surface area contributed by atoms with E-state index in [0.29, 0.717) is 29.5 Å². The van der Waals surface area contributed by atoms with E-state index in [1.807, 2.05) is 36.4 Å². The van der Waals surface area contributed by atoms with Crippen LogP contribution in [0.1, 0.15) is 5.56 Å². The molecule has 0 atom stereocenters. The number of halogens is 1. The van der Waals surface area contributed by atoms with Crippen LogP contribution in [0.5, 0.6) is 23.0 Å². The van der Waals surface area contributed by atoms with Gasteiger partial charge in [-0.15, -0.1) is 0 Å². The molecule has 4 nitrogen and oxygen atoms in total. The highest BCUT2D eigenvalue weighted by molar-refractivity contribution is 9.10. The van der Waals surface area contributed by atoms with E-state index in [1.54, 1.807) is 14.2 Å². The minimum Gasteiger partial charge on any atom is -0.493 e. The van der Waals surface area contributed by atoms with E-state index in [9.17, 15) is 0 Å². The van der Waals surface area contributed by atoms with Crippen molar-refractivity contribution in [2.45, 2.75) is 6.54 Å². The summed E-state index contributed by atoms with van der Waals surface area (Å²) in [5, 5.41) is 0. The average molecular weight is 338 g/mol. The molecule has 0 aliphatic rings. The topological polar surface area (TPSA) is 53.7 Å². The molecule has 2 aromatic carbocycles. The molecule has 0 aromatic heterocycles. The molecular formula is C15H16BrNO3. The van der Waals surface area contributed by atoms with Gasteiger partial charge in [-0.05, 0) is 24.3 Å². The van der Waals surface area contributed by atoms with Crippen molar-refractivity contribution in [3.8, 4) is 23.0 Å². The maximum Gasteiger partial charge on any atom is 0.211 e. The number of hydrogen-bond acceptors (Lipinski definition) is 4. The molecule has 0 saturated heterocycles. The lowest BCUT2D eigenvalue weighted by Gasteiger charge is -2.16. The molecular weight excluding hydrogens is 322 g/mol. The molecule has 0 heterocycles. The van der Waals surface area contributed by atoms with Gasteiger partial charge < -0.3 is 19.9 Å². The number of para-hydroxylation sites is 1. The SMILES string of the molecule is COc1cccc(OC)c1Oc1cc(Br)ccc1CN. The van der Waals surface area contributed by atoms with Crippen molar-refractivity contribution in [3.63, 3.8) is 0 Å². The number of nitrogens with two attached hydrogens (primary N) is 1. The Morgan fingerprint density at radius 3 is 2.20 bits per heavy atom. The second-order valence-electron chi connectivity index (χ2n) is 4.05. The summed E-state index contributed by atoms with van der Waals surface area (Å²) < 4.78 is 17.5. The van der Waals surface area contributed by atoms with E-state index >= 15 is 0 Å². The summed E-state index contributed by atoms with van der Waals surface area (Å²) >= 11 is 3.43. The molecule has 0 radical (unpaired) electrons. The molecule has 2 aromatic rings. The minimum atomic E-state index is 0.389. The van der Waals surface area contributed by atoms with Crippen molar-refractivity contribution >= 4 is 15.9 Å². The number of ether oxygens (including phenoxy) is 3. The highest BCUT2D eigenvalue weighted by atomic mass is 79.9. The number of rotatable bonds is 5. The third-order valence-electron chi connectivity index (χ3n) is 2.84. The van der Waals surface area contributed by atoms with Crippen LogP contribution in [0, 0.1) is 0 Å². The second kappa shape index (κ2) is 6.63. The quantitative estimate of drug-likeness (QED) is 0.903. The van der Waals surface area contributed by atoms with Gasteiger partial charge >= 0.3 is 0 Å². The highest BCUT2D eigenvalue weighted by Crippen LogP contribution is 2.41. The van der Waals surface area contributed by atoms with E-state index in [0.717, 1.165) is 10.0 Å². The van der Waals surface area contributed by atoms with E-state index < -0.39 is 0 Å². The molecule has 2 N–H and O–H groups in total. The van der Waals surface area contributed by atoms with E-state index in [-0.39, 0.29) is 0 Å². The van der Waals surface area contributed by atoms with Gasteiger partial charge in [-0.2, -0.15) is 0 Å². The maximum absolute atomic E-state index is 5.97. The largest absolute Gasteiger partial charge is 0.493 e. The Morgan fingerprint density at radius 1 is 1.00 bits per heavy atom. The van der Waals surface area contributed by atoms with Crippen LogP contribution in [0.2, 0.25) is 0 Å². The molecule has 5 heteroatoms. The van der Waals surface area contributed by atoms with Crippen LogP contribution in [0.25, 0.3) is 0 Å². The lowest BCUT2D eigenvalue weighted by atomic mass is 10.2. The standard InChI is InChI=1S/C15H16BrNO3/c1-18-12-4-3-5-13(19-2)15(12)20-14-8-11(16)7-6-10(14)9-17/h3-8H,9,17H2,1-2H3. The van der Waals surface area contributed by atoms with Gasteiger partial charge in [0.05, 0.1) is 14.2 Å². The predicted octanol–water partition coefficient (Wildman–Crippen LogP) is 3.72. The Hall–Kier alpha value is -1.72. The molecule has 20 heavy (non-hydrogen) atoms. The monoisotopic (exact) mass is 337 g/mol. The first-order valence-corrected chi connectivity index (χ1v) is 6.86. The molecule has 0 unspecified atom stereocenters. The predicted molar refractivity (Wildman–Crippen MR) is 81.7 cm³/mol. The van der Waals surface area contributed by atoms with Gasteiger partial charge in [-0.1, -0.05) is 28.1 Å². The van der Waals surface area contributed by atoms with Crippen molar-refractivity contribution in [3.05, 3.63) is 46.4 Å². The third-order valence-corrected chi connectivity index (χ3v) is 3.34. The molecule has 0 bridgehead atoms. The Labute approximate surface area is 126 Å². The minimum absolute atomic E-state index is 0.389. The lowest BCUT2D eigenvalue weighted by Crippen LogP contribution is -2.01. The fourth-order valence-electron chi connectivity index (χ4n) is 1.82. The first-order valence-electron chi connectivity index (χ1n) is 6.07. The Bertz CT molecular complexity index is 579. The number of benzene rings is 2. The number of methoxy groups -OCH3 is 2. The molecule has 0 saturated carbocycles. The summed E-state index contributed by atoms with van der Waals surface area (Å²) in [4.78, 5) is 0. The van der Waals surface area contributed by atoms with Crippen molar-refractivity contribution in [1.29, 1.82) is 0 Å². The van der Waals surface area contributed by atoms with Crippen LogP contribution < -0.4 is 19.9 Å². The van der Waals surface area contributed by atoms with E-state index in [1.165, 1.54) is 0 Å². The van der Waals surface area contributed by atoms with Gasteiger partial charge in [-0.3, -0.25) is 0 Å². The van der Waals surface area contributed by atoms with Crippen LogP contribution in [0.3, 0.4) is 0 Å². The van der Waals surface area contributed by atoms with Crippen LogP contribution in [-0.2, 0) is 6.54 Å². The van der Waals surface area contributed by atoms with E-state index in [2.05, 4.69) is 15.9 Å². The van der Waals surface area contributed by atoms with Gasteiger partial charge in [0, 0.05) is 16.6 Å². The van der Waals surface area contributed by atoms with Crippen LogP contribution in [0.4, 0.5) is 0 Å². The second-order valence-corrected chi connectivity index (χ2v) is 4.97. The maximum atomic E-state index is 5.97. The zero-order valence-corrected chi connectivity index (χ0v) is 12.9. The van der Waals surface area contributed by atoms with Crippen LogP contribution in [-0.4, -0.2) is 14.2 Å². The Morgan fingerprint density at radius 2 is 1.65 bits per heavy atom. The summed E-state index contributed by atoms with van der Waals surface area (Å²) in [7, 11) is 3.18. The Balaban J connectivity index is 2.46. The average Bonchev–Trinajstić information content (AvgIpc) is 2.47. The van der Waals surface area contributed by atoms with Gasteiger partial charge in [0.15, 0.2) is 11.5 Å². The summed E-state index contributed by atoms with van der Waals surface area (Å²) in [6, 6.07) is 11.2. The van der Waals surface area contributed by atoms with Crippen molar-refractivity contribution < 1.29 is 14.2 Å². The fraction of sp³-hybridized carbons (Fsp3) is 0.200. The molecule has 0 spiro atoms. The number of hydrogen-bond donors (Lipinski definition) is 1. The molecule has 106 valence electrons. The van der Waals surface area contributed by atoms with Crippen LogP contribution in [0.15, 0.2) is 40.9 Å². The highest BCUT2D eigenvalue weighted by Gasteiger charge is 2.14. The van der Waals surface area contributed by atoms with Gasteiger partial charge in [-0.25, -0.2) is 0 Å². The van der Waals surface area contributed by atoms with Crippen molar-refractivity contribution in [1.82, 2.24) is 0 Å². The zero-order valence-electron chi connectivity index (χ0n) is 11.4. The molecule has 0 amide bonds. The molecule has 0 aliphatic carbocycles. The fourth-order valence-corrected chi connectivity index (χ4v) is 2.16. The van der Waals surface area contributed by atoms with Crippen molar-refractivity contribution in [2.75, 3.05) is 14.2 Å². The Kier molecular flexibility index (Phi) is 4.87. The van der Waals surface area contributed by atoms with E-state index in [4.69, 9.17) is 19.9 Å². The van der Waals surface area contributed by atoms with Gasteiger partial charge in [0.2, 0.25) is 5.75 Å². The third kappa shape index (κ3) is 3.05. The molecule has 2 rings (SSSR count). The summed E-state index contributed by atoms with van der Waals surface area (Å²) in [5.74, 6) is 2.41. The van der Waals surface area contributed by atoms with Gasteiger partial charge in [0.25, 0.3) is 0 Å². The first kappa shape index (κ1) is 14.7. The van der Waals surface area contributed by atoms with Crippen molar-refractivity contribution in [2.24, 2.45) is 5.73 Å². The van der Waals surface area contributed by atoms with Crippen LogP contribution >= 0.6 is 15.9 Å². The first-order chi connectivity index (χ1) is 9.69. The summed E-state index contributed by atoms with van der Waals surface area (Å²) in [6.45, 7) is 0.389. The molecule has 0 aliphatic heterocycles. The summed E-state index contributed by atoms with van der Waals surface area (Å²) in [5.41, 5.74) is 6.64. The summed E-state index contributed by atoms with van der Waals surface area (Å²) in [6.07, 6.45) is 0. The normalized spacial score (nSPS) is 10.2. The van der Waals surface area contributed by atoms with Gasteiger partial charge in [0.1, 0.15) is 5.75 Å². The smallest absolute Gasteiger partial charge is 0.211 e.